The number of unbranched alkanes of at least 4 members (excludes halogenated alkanes) is 4. The quantitative estimate of drug-likeness (QED) is 0.0743. The maximum Gasteiger partial charge on any atom is 0.407 e. The summed E-state index contributed by atoms with van der Waals surface area (Å²) < 4.78 is 11.0. The molecule has 0 radical (unpaired) electrons. The summed E-state index contributed by atoms with van der Waals surface area (Å²) in [5.41, 5.74) is 12.5. The molecular weight excluding hydrogens is 534 g/mol. The minimum atomic E-state index is -0.765. The van der Waals surface area contributed by atoms with Crippen molar-refractivity contribution >= 4 is 18.0 Å². The first kappa shape index (κ1) is 32.5. The number of alkyl carbamates (subject to hydrolysis) is 1. The van der Waals surface area contributed by atoms with Crippen molar-refractivity contribution in [2.24, 2.45) is 5.11 Å². The van der Waals surface area contributed by atoms with E-state index in [1.807, 2.05) is 45.0 Å². The molecule has 2 aromatic carbocycles. The highest BCUT2D eigenvalue weighted by Gasteiger charge is 2.29. The molecule has 2 N–H and O–H groups in total. The van der Waals surface area contributed by atoms with Gasteiger partial charge in [0.05, 0.1) is 0 Å². The molecule has 226 valence electrons. The summed E-state index contributed by atoms with van der Waals surface area (Å²) >= 11 is 0. The van der Waals surface area contributed by atoms with Gasteiger partial charge in [0, 0.05) is 30.3 Å². The number of hydrogen-bond donors (Lipinski definition) is 2. The number of carbonyl (C=O) groups excluding carboxylic acids is 3. The number of azide groups is 1. The van der Waals surface area contributed by atoms with Crippen molar-refractivity contribution in [3.05, 3.63) is 70.1 Å². The Hall–Kier alpha value is -4.04. The number of benzene rings is 2. The number of fused-ring (bicyclic) bond motifs is 3. The largest absolute Gasteiger partial charge is 0.460 e. The smallest absolute Gasteiger partial charge is 0.407 e. The Balaban J connectivity index is 1.46. The van der Waals surface area contributed by atoms with E-state index in [4.69, 9.17) is 15.0 Å². The van der Waals surface area contributed by atoms with Gasteiger partial charge in [-0.2, -0.15) is 0 Å². The zero-order chi connectivity index (χ0) is 30.4. The van der Waals surface area contributed by atoms with Crippen LogP contribution in [0.5, 0.6) is 0 Å². The third-order valence-corrected chi connectivity index (χ3v) is 7.04. The van der Waals surface area contributed by atoms with Crippen LogP contribution in [0, 0.1) is 0 Å². The van der Waals surface area contributed by atoms with E-state index in [-0.39, 0.29) is 24.4 Å². The van der Waals surface area contributed by atoms with Crippen molar-refractivity contribution in [2.75, 3.05) is 19.7 Å². The Bertz CT molecular complexity index is 1210. The van der Waals surface area contributed by atoms with Crippen LogP contribution in [-0.2, 0) is 19.1 Å². The van der Waals surface area contributed by atoms with Crippen LogP contribution in [0.15, 0.2) is 53.6 Å². The molecule has 0 aliphatic heterocycles. The van der Waals surface area contributed by atoms with Gasteiger partial charge in [0.2, 0.25) is 5.91 Å². The fourth-order valence-corrected chi connectivity index (χ4v) is 5.10. The summed E-state index contributed by atoms with van der Waals surface area (Å²) in [6.45, 7) is 6.51. The molecule has 1 aliphatic rings. The van der Waals surface area contributed by atoms with Crippen LogP contribution >= 0.6 is 0 Å². The molecule has 0 saturated carbocycles. The fraction of sp³-hybridized carbons (Fsp3) is 0.531. The molecule has 0 fully saturated rings. The summed E-state index contributed by atoms with van der Waals surface area (Å²) in [6.07, 6.45) is 4.56. The lowest BCUT2D eigenvalue weighted by Gasteiger charge is -2.20. The topological polar surface area (TPSA) is 142 Å². The summed E-state index contributed by atoms with van der Waals surface area (Å²) in [5, 5.41) is 9.19. The van der Waals surface area contributed by atoms with Crippen LogP contribution in [0.4, 0.5) is 4.79 Å². The van der Waals surface area contributed by atoms with Crippen LogP contribution in [0.2, 0.25) is 0 Å². The Morgan fingerprint density at radius 3 is 2.21 bits per heavy atom. The third-order valence-electron chi connectivity index (χ3n) is 7.04. The van der Waals surface area contributed by atoms with E-state index in [2.05, 4.69) is 44.9 Å². The van der Waals surface area contributed by atoms with Gasteiger partial charge in [0.1, 0.15) is 18.2 Å². The van der Waals surface area contributed by atoms with E-state index in [9.17, 15) is 14.4 Å². The lowest BCUT2D eigenvalue weighted by Crippen LogP contribution is -2.47. The van der Waals surface area contributed by atoms with Crippen LogP contribution in [0.3, 0.4) is 0 Å². The van der Waals surface area contributed by atoms with E-state index in [0.29, 0.717) is 38.8 Å². The van der Waals surface area contributed by atoms with Gasteiger partial charge >= 0.3 is 12.1 Å². The number of rotatable bonds is 16. The molecule has 1 atom stereocenters. The van der Waals surface area contributed by atoms with Crippen molar-refractivity contribution in [1.82, 2.24) is 10.6 Å². The van der Waals surface area contributed by atoms with Crippen LogP contribution in [0.1, 0.15) is 89.2 Å². The molecule has 0 saturated heterocycles. The second-order valence-corrected chi connectivity index (χ2v) is 11.5. The van der Waals surface area contributed by atoms with E-state index >= 15 is 0 Å². The number of nitrogens with one attached hydrogen (secondary N) is 2. The molecule has 0 unspecified atom stereocenters. The molecule has 0 heterocycles. The molecule has 2 aromatic rings. The Labute approximate surface area is 248 Å². The van der Waals surface area contributed by atoms with Crippen LogP contribution in [-0.4, -0.2) is 49.3 Å². The molecule has 0 spiro atoms. The number of carbonyl (C=O) groups is 3. The predicted molar refractivity (Wildman–Crippen MR) is 162 cm³/mol. The number of ether oxygens (including phenoxy) is 2. The summed E-state index contributed by atoms with van der Waals surface area (Å²) in [5.74, 6) is -0.547. The van der Waals surface area contributed by atoms with E-state index in [1.54, 1.807) is 0 Å². The number of esters is 1. The van der Waals surface area contributed by atoms with Gasteiger partial charge < -0.3 is 20.1 Å². The molecule has 42 heavy (non-hydrogen) atoms. The molecule has 3 rings (SSSR count). The Morgan fingerprint density at radius 2 is 1.57 bits per heavy atom. The van der Waals surface area contributed by atoms with Crippen molar-refractivity contribution in [3.63, 3.8) is 0 Å². The Morgan fingerprint density at radius 1 is 0.929 bits per heavy atom. The Kier molecular flexibility index (Phi) is 12.7. The number of nitrogens with zero attached hydrogens (tertiary/aromatic N) is 3. The molecular formula is C32H43N5O5. The van der Waals surface area contributed by atoms with Crippen LogP contribution < -0.4 is 10.6 Å². The fourth-order valence-electron chi connectivity index (χ4n) is 5.10. The van der Waals surface area contributed by atoms with Crippen molar-refractivity contribution in [1.29, 1.82) is 0 Å². The van der Waals surface area contributed by atoms with Gasteiger partial charge in [-0.05, 0) is 74.2 Å². The average Bonchev–Trinajstić information content (AvgIpc) is 3.27. The lowest BCUT2D eigenvalue weighted by atomic mass is 9.98. The van der Waals surface area contributed by atoms with E-state index in [0.717, 1.165) is 47.9 Å². The molecule has 0 aromatic heterocycles. The number of hydrogen-bond acceptors (Lipinski definition) is 6. The highest BCUT2D eigenvalue weighted by molar-refractivity contribution is 5.85. The zero-order valence-electron chi connectivity index (χ0n) is 24.9. The maximum absolute atomic E-state index is 13.0. The van der Waals surface area contributed by atoms with Crippen LogP contribution in [0.25, 0.3) is 21.6 Å². The minimum Gasteiger partial charge on any atom is -0.460 e. The molecule has 0 bridgehead atoms. The monoisotopic (exact) mass is 577 g/mol. The third kappa shape index (κ3) is 10.4. The summed E-state index contributed by atoms with van der Waals surface area (Å²) in [7, 11) is 0. The predicted octanol–water partition coefficient (Wildman–Crippen LogP) is 6.78. The zero-order valence-corrected chi connectivity index (χ0v) is 24.9. The average molecular weight is 578 g/mol. The summed E-state index contributed by atoms with van der Waals surface area (Å²) in [6, 6.07) is 15.5. The van der Waals surface area contributed by atoms with E-state index in [1.165, 1.54) is 0 Å². The van der Waals surface area contributed by atoms with Gasteiger partial charge in [-0.25, -0.2) is 4.79 Å². The number of amides is 2. The first-order chi connectivity index (χ1) is 20.2. The second-order valence-electron chi connectivity index (χ2n) is 11.5. The van der Waals surface area contributed by atoms with Crippen molar-refractivity contribution < 1.29 is 23.9 Å². The molecule has 10 heteroatoms. The highest BCUT2D eigenvalue weighted by atomic mass is 16.6. The minimum absolute atomic E-state index is 0.0745. The van der Waals surface area contributed by atoms with Gasteiger partial charge in [0.15, 0.2) is 0 Å². The van der Waals surface area contributed by atoms with Gasteiger partial charge in [-0.3, -0.25) is 9.59 Å². The molecule has 2 amide bonds. The maximum atomic E-state index is 13.0. The van der Waals surface area contributed by atoms with Gasteiger partial charge in [-0.1, -0.05) is 72.9 Å². The molecule has 1 aliphatic carbocycles. The van der Waals surface area contributed by atoms with Crippen molar-refractivity contribution in [3.8, 4) is 11.1 Å². The van der Waals surface area contributed by atoms with Gasteiger partial charge in [0.25, 0.3) is 0 Å². The first-order valence-corrected chi connectivity index (χ1v) is 14.8. The SMILES string of the molecule is CC(C)(C)OC(=O)CCCCCCNC(=O)[C@H](CCCCN=[N+]=[N-])NC(=O)OCC1c2ccccc2-c2ccccc21. The first-order valence-electron chi connectivity index (χ1n) is 14.8. The van der Waals surface area contributed by atoms with E-state index < -0.39 is 17.7 Å². The summed E-state index contributed by atoms with van der Waals surface area (Å²) in [4.78, 5) is 40.4. The molecule has 10 nitrogen and oxygen atoms in total. The highest BCUT2D eigenvalue weighted by Crippen LogP contribution is 2.44. The lowest BCUT2D eigenvalue weighted by molar-refractivity contribution is -0.154. The van der Waals surface area contributed by atoms with Crippen molar-refractivity contribution in [2.45, 2.75) is 89.7 Å². The van der Waals surface area contributed by atoms with Gasteiger partial charge in [-0.15, -0.1) is 0 Å². The standard InChI is InChI=1S/C32H43N5O5/c1-32(2,3)42-29(38)19-6-4-5-12-20-34-30(39)28(18-11-13-21-35-37-33)36-31(40)41-22-27-25-16-9-7-14-23(25)24-15-8-10-17-26(24)27/h7-10,14-17,27-28H,4-6,11-13,18-22H2,1-3H3,(H,34,39)(H,36,40)/t28-/m0/s1. The normalized spacial score (nSPS) is 12.8. The second kappa shape index (κ2) is 16.4.